The summed E-state index contributed by atoms with van der Waals surface area (Å²) in [7, 11) is -1.58. The van der Waals surface area contributed by atoms with E-state index in [4.69, 9.17) is 9.47 Å². The quantitative estimate of drug-likeness (QED) is 0.415. The van der Waals surface area contributed by atoms with Crippen LogP contribution in [0.3, 0.4) is 0 Å². The molecule has 5 heteroatoms. The molecule has 0 unspecified atom stereocenters. The summed E-state index contributed by atoms with van der Waals surface area (Å²) in [6.07, 6.45) is 5.80. The Morgan fingerprint density at radius 1 is 1.04 bits per heavy atom. The van der Waals surface area contributed by atoms with E-state index in [-0.39, 0.29) is 11.7 Å². The molecule has 0 aliphatic rings. The van der Waals surface area contributed by atoms with Crippen molar-refractivity contribution in [3.05, 3.63) is 72.3 Å². The van der Waals surface area contributed by atoms with Crippen LogP contribution in [0, 0.1) is 5.92 Å². The van der Waals surface area contributed by atoms with E-state index in [1.807, 2.05) is 49.4 Å². The Morgan fingerprint density at radius 3 is 2.41 bits per heavy atom. The summed E-state index contributed by atoms with van der Waals surface area (Å²) < 4.78 is 35.5. The molecule has 0 bridgehead atoms. The zero-order valence-electron chi connectivity index (χ0n) is 16.0. The molecule has 0 amide bonds. The summed E-state index contributed by atoms with van der Waals surface area (Å²) in [5.74, 6) is 0.948. The Balaban J connectivity index is 1.63. The molecule has 0 radical (unpaired) electrons. The minimum atomic E-state index is -3.23. The van der Waals surface area contributed by atoms with Crippen molar-refractivity contribution >= 4 is 9.84 Å². The van der Waals surface area contributed by atoms with E-state index in [0.717, 1.165) is 24.2 Å². The van der Waals surface area contributed by atoms with E-state index in [1.54, 1.807) is 31.4 Å². The van der Waals surface area contributed by atoms with Gasteiger partial charge in [0.05, 0.1) is 24.4 Å². The van der Waals surface area contributed by atoms with Crippen molar-refractivity contribution in [2.45, 2.75) is 31.3 Å². The number of methoxy groups -OCH3 is 1. The minimum absolute atomic E-state index is 0.0181. The minimum Gasteiger partial charge on any atom is -0.497 e. The van der Waals surface area contributed by atoms with E-state index < -0.39 is 9.84 Å². The van der Waals surface area contributed by atoms with Gasteiger partial charge in [0.25, 0.3) is 0 Å². The Labute approximate surface area is 162 Å². The van der Waals surface area contributed by atoms with Crippen molar-refractivity contribution in [3.63, 3.8) is 0 Å². The van der Waals surface area contributed by atoms with Gasteiger partial charge in [0.15, 0.2) is 9.84 Å². The highest BCUT2D eigenvalue weighted by atomic mass is 32.2. The van der Waals surface area contributed by atoms with Gasteiger partial charge < -0.3 is 9.47 Å². The predicted octanol–water partition coefficient (Wildman–Crippen LogP) is 4.66. The second kappa shape index (κ2) is 10.9. The highest BCUT2D eigenvalue weighted by molar-refractivity contribution is 7.91. The highest BCUT2D eigenvalue weighted by Crippen LogP contribution is 2.15. The number of hydrogen-bond acceptors (Lipinski definition) is 4. The molecule has 27 heavy (non-hydrogen) atoms. The van der Waals surface area contributed by atoms with Crippen molar-refractivity contribution in [3.8, 4) is 5.75 Å². The number of sulfone groups is 1. The maximum atomic E-state index is 12.3. The zero-order valence-corrected chi connectivity index (χ0v) is 16.8. The second-order valence-corrected chi connectivity index (χ2v) is 8.58. The molecule has 0 spiro atoms. The average molecular weight is 389 g/mol. The maximum Gasteiger partial charge on any atom is 0.178 e. The number of rotatable bonds is 11. The standard InChI is InChI=1S/C22H28O4S/c1-19(18-27(23,24)22-10-6-3-7-11-22)9-5-4-8-16-26-17-20-12-14-21(25-2)15-13-20/h3,5-7,9-15,19H,4,8,16-18H2,1-2H3/b9-5+/t19-/m1/s1. The van der Waals surface area contributed by atoms with Crippen molar-refractivity contribution in [2.75, 3.05) is 19.5 Å². The van der Waals surface area contributed by atoms with Crippen molar-refractivity contribution in [1.29, 1.82) is 0 Å². The molecule has 0 N–H and O–H groups in total. The highest BCUT2D eigenvalue weighted by Gasteiger charge is 2.16. The summed E-state index contributed by atoms with van der Waals surface area (Å²) in [6, 6.07) is 16.4. The molecule has 0 heterocycles. The number of unbranched alkanes of at least 4 members (excludes halogenated alkanes) is 1. The first-order valence-electron chi connectivity index (χ1n) is 9.16. The van der Waals surface area contributed by atoms with Gasteiger partial charge in [0.1, 0.15) is 5.75 Å². The summed E-state index contributed by atoms with van der Waals surface area (Å²) in [6.45, 7) is 3.18. The first-order chi connectivity index (χ1) is 13.0. The van der Waals surface area contributed by atoms with Crippen molar-refractivity contribution < 1.29 is 17.9 Å². The van der Waals surface area contributed by atoms with Crippen LogP contribution in [0.25, 0.3) is 0 Å². The van der Waals surface area contributed by atoms with Gasteiger partial charge in [-0.25, -0.2) is 8.42 Å². The fourth-order valence-electron chi connectivity index (χ4n) is 2.67. The Morgan fingerprint density at radius 2 is 1.74 bits per heavy atom. The summed E-state index contributed by atoms with van der Waals surface area (Å²) in [4.78, 5) is 0.386. The van der Waals surface area contributed by atoms with Crippen LogP contribution in [0.5, 0.6) is 5.75 Å². The van der Waals surface area contributed by atoms with Gasteiger partial charge in [-0.1, -0.05) is 49.4 Å². The van der Waals surface area contributed by atoms with E-state index >= 15 is 0 Å². The molecule has 0 saturated heterocycles. The largest absolute Gasteiger partial charge is 0.497 e. The summed E-state index contributed by atoms with van der Waals surface area (Å²) in [5, 5.41) is 0. The van der Waals surface area contributed by atoms with E-state index in [1.165, 1.54) is 0 Å². The van der Waals surface area contributed by atoms with Crippen LogP contribution in [-0.4, -0.2) is 27.9 Å². The number of allylic oxidation sites excluding steroid dienone is 2. The van der Waals surface area contributed by atoms with E-state index in [9.17, 15) is 8.42 Å². The fraction of sp³-hybridized carbons (Fsp3) is 0.364. The third-order valence-electron chi connectivity index (χ3n) is 4.14. The molecule has 0 aromatic heterocycles. The molecule has 0 fully saturated rings. The normalized spacial score (nSPS) is 13.0. The number of ether oxygens (including phenoxy) is 2. The number of benzene rings is 2. The van der Waals surface area contributed by atoms with Gasteiger partial charge in [0, 0.05) is 6.61 Å². The lowest BCUT2D eigenvalue weighted by molar-refractivity contribution is 0.119. The molecule has 0 aliphatic carbocycles. The molecule has 1 atom stereocenters. The lowest BCUT2D eigenvalue weighted by Gasteiger charge is -2.08. The molecular weight excluding hydrogens is 360 g/mol. The first kappa shape index (κ1) is 21.2. The van der Waals surface area contributed by atoms with Crippen LogP contribution < -0.4 is 4.74 Å². The Kier molecular flexibility index (Phi) is 8.55. The Bertz CT molecular complexity index is 796. The third kappa shape index (κ3) is 7.57. The lowest BCUT2D eigenvalue weighted by Crippen LogP contribution is -2.12. The molecule has 4 nitrogen and oxygen atoms in total. The fourth-order valence-corrected chi connectivity index (χ4v) is 4.24. The molecular formula is C22H28O4S. The van der Waals surface area contributed by atoms with E-state index in [2.05, 4.69) is 0 Å². The zero-order chi connectivity index (χ0) is 19.5. The SMILES string of the molecule is COc1ccc(COCCC/C=C/[C@@H](C)CS(=O)(=O)c2ccccc2)cc1. The van der Waals surface area contributed by atoms with Crippen LogP contribution in [0.15, 0.2) is 71.6 Å². The van der Waals surface area contributed by atoms with Gasteiger partial charge >= 0.3 is 0 Å². The first-order valence-corrected chi connectivity index (χ1v) is 10.8. The monoisotopic (exact) mass is 388 g/mol. The number of hydrogen-bond donors (Lipinski definition) is 0. The molecule has 146 valence electrons. The smallest absolute Gasteiger partial charge is 0.178 e. The molecule has 2 aromatic rings. The van der Waals surface area contributed by atoms with Crippen LogP contribution in [-0.2, 0) is 21.2 Å². The maximum absolute atomic E-state index is 12.3. The topological polar surface area (TPSA) is 52.6 Å². The molecule has 0 aliphatic heterocycles. The Hall–Kier alpha value is -2.11. The van der Waals surface area contributed by atoms with Gasteiger partial charge in [-0.15, -0.1) is 0 Å². The summed E-state index contributed by atoms with van der Waals surface area (Å²) >= 11 is 0. The van der Waals surface area contributed by atoms with Crippen LogP contribution in [0.4, 0.5) is 0 Å². The second-order valence-electron chi connectivity index (χ2n) is 6.54. The van der Waals surface area contributed by atoms with Gasteiger partial charge in [-0.3, -0.25) is 0 Å². The third-order valence-corrected chi connectivity index (χ3v) is 6.09. The van der Waals surface area contributed by atoms with Crippen molar-refractivity contribution in [2.24, 2.45) is 5.92 Å². The van der Waals surface area contributed by atoms with Gasteiger partial charge in [0.2, 0.25) is 0 Å². The van der Waals surface area contributed by atoms with Crippen molar-refractivity contribution in [1.82, 2.24) is 0 Å². The summed E-state index contributed by atoms with van der Waals surface area (Å²) in [5.41, 5.74) is 1.12. The van der Waals surface area contributed by atoms with Gasteiger partial charge in [-0.05, 0) is 48.6 Å². The molecule has 2 aromatic carbocycles. The van der Waals surface area contributed by atoms with Gasteiger partial charge in [-0.2, -0.15) is 0 Å². The van der Waals surface area contributed by atoms with E-state index in [0.29, 0.717) is 18.1 Å². The van der Waals surface area contributed by atoms with Crippen LogP contribution in [0.1, 0.15) is 25.3 Å². The van der Waals surface area contributed by atoms with Crippen LogP contribution in [0.2, 0.25) is 0 Å². The van der Waals surface area contributed by atoms with Crippen LogP contribution >= 0.6 is 0 Å². The molecule has 2 rings (SSSR count). The molecule has 0 saturated carbocycles. The predicted molar refractivity (Wildman–Crippen MR) is 109 cm³/mol. The lowest BCUT2D eigenvalue weighted by atomic mass is 10.2. The average Bonchev–Trinajstić information content (AvgIpc) is 2.68.